The van der Waals surface area contributed by atoms with Crippen LogP contribution in [-0.2, 0) is 5.60 Å². The van der Waals surface area contributed by atoms with Crippen LogP contribution in [0.5, 0.6) is 5.75 Å². The highest BCUT2D eigenvalue weighted by Crippen LogP contribution is 2.40. The van der Waals surface area contributed by atoms with Crippen LogP contribution in [0.15, 0.2) is 54.6 Å². The molecule has 2 heteroatoms. The fourth-order valence-corrected chi connectivity index (χ4v) is 2.15. The maximum absolute atomic E-state index is 10.7. The van der Waals surface area contributed by atoms with Crippen molar-refractivity contribution in [3.63, 3.8) is 0 Å². The van der Waals surface area contributed by atoms with Gasteiger partial charge in [-0.2, -0.15) is 0 Å². The van der Waals surface area contributed by atoms with E-state index in [1.54, 1.807) is 0 Å². The number of hydrogen-bond donors (Lipinski definition) is 1. The van der Waals surface area contributed by atoms with Gasteiger partial charge in [0.25, 0.3) is 0 Å². The highest BCUT2D eigenvalue weighted by atomic mass is 16.5. The number of para-hydroxylation sites is 1. The van der Waals surface area contributed by atoms with Crippen LogP contribution in [0.2, 0.25) is 0 Å². The van der Waals surface area contributed by atoms with Gasteiger partial charge in [0, 0.05) is 5.56 Å². The minimum Gasteiger partial charge on any atom is -0.489 e. The van der Waals surface area contributed by atoms with Crippen molar-refractivity contribution in [2.24, 2.45) is 0 Å². The van der Waals surface area contributed by atoms with E-state index in [9.17, 15) is 5.11 Å². The first-order valence-corrected chi connectivity index (χ1v) is 5.31. The number of aliphatic hydroxyl groups is 1. The first-order chi connectivity index (χ1) is 7.81. The molecule has 0 fully saturated rings. The summed E-state index contributed by atoms with van der Waals surface area (Å²) >= 11 is 0. The smallest absolute Gasteiger partial charge is 0.152 e. The molecule has 0 spiro atoms. The lowest BCUT2D eigenvalue weighted by molar-refractivity contribution is 0.0560. The van der Waals surface area contributed by atoms with Crippen LogP contribution in [-0.4, -0.2) is 11.7 Å². The summed E-state index contributed by atoms with van der Waals surface area (Å²) in [4.78, 5) is 0. The van der Waals surface area contributed by atoms with Crippen LogP contribution in [0.4, 0.5) is 0 Å². The molecule has 0 saturated heterocycles. The first-order valence-electron chi connectivity index (χ1n) is 5.31. The topological polar surface area (TPSA) is 29.5 Å². The molecule has 1 heterocycles. The SMILES string of the molecule is O[C@]1(c2ccccc2)COc2ccccc21. The van der Waals surface area contributed by atoms with Crippen LogP contribution < -0.4 is 4.74 Å². The van der Waals surface area contributed by atoms with Gasteiger partial charge in [-0.15, -0.1) is 0 Å². The maximum Gasteiger partial charge on any atom is 0.152 e. The van der Waals surface area contributed by atoms with Gasteiger partial charge in [-0.3, -0.25) is 0 Å². The van der Waals surface area contributed by atoms with Gasteiger partial charge in [0.15, 0.2) is 5.60 Å². The average Bonchev–Trinajstić information content (AvgIpc) is 2.71. The van der Waals surface area contributed by atoms with Crippen molar-refractivity contribution < 1.29 is 9.84 Å². The Hall–Kier alpha value is -1.80. The molecular formula is C14H12O2. The lowest BCUT2D eigenvalue weighted by atomic mass is 9.88. The number of hydrogen-bond acceptors (Lipinski definition) is 2. The van der Waals surface area contributed by atoms with E-state index in [0.29, 0.717) is 0 Å². The summed E-state index contributed by atoms with van der Waals surface area (Å²) in [6.07, 6.45) is 0. The van der Waals surface area contributed by atoms with Crippen molar-refractivity contribution in [3.05, 3.63) is 65.7 Å². The van der Waals surface area contributed by atoms with E-state index in [-0.39, 0.29) is 6.61 Å². The molecule has 0 unspecified atom stereocenters. The lowest BCUT2D eigenvalue weighted by Gasteiger charge is -2.21. The molecule has 1 aliphatic rings. The molecule has 2 aromatic rings. The third-order valence-corrected chi connectivity index (χ3v) is 3.02. The Morgan fingerprint density at radius 1 is 0.938 bits per heavy atom. The van der Waals surface area contributed by atoms with Gasteiger partial charge in [0.05, 0.1) is 0 Å². The highest BCUT2D eigenvalue weighted by molar-refractivity contribution is 5.48. The van der Waals surface area contributed by atoms with E-state index in [1.807, 2.05) is 54.6 Å². The monoisotopic (exact) mass is 212 g/mol. The second-order valence-corrected chi connectivity index (χ2v) is 4.01. The van der Waals surface area contributed by atoms with Crippen molar-refractivity contribution in [2.45, 2.75) is 5.60 Å². The Balaban J connectivity index is 2.15. The van der Waals surface area contributed by atoms with Crippen molar-refractivity contribution >= 4 is 0 Å². The zero-order valence-corrected chi connectivity index (χ0v) is 8.76. The minimum absolute atomic E-state index is 0.288. The molecule has 0 amide bonds. The van der Waals surface area contributed by atoms with Gasteiger partial charge in [0.1, 0.15) is 12.4 Å². The molecule has 1 atom stereocenters. The van der Waals surface area contributed by atoms with Crippen LogP contribution in [0, 0.1) is 0 Å². The number of rotatable bonds is 1. The number of ether oxygens (including phenoxy) is 1. The van der Waals surface area contributed by atoms with E-state index < -0.39 is 5.60 Å². The van der Waals surface area contributed by atoms with E-state index in [0.717, 1.165) is 16.9 Å². The Bertz CT molecular complexity index is 507. The summed E-state index contributed by atoms with van der Waals surface area (Å²) in [6, 6.07) is 17.3. The molecule has 0 saturated carbocycles. The summed E-state index contributed by atoms with van der Waals surface area (Å²) in [5.74, 6) is 0.772. The second-order valence-electron chi connectivity index (χ2n) is 4.01. The molecule has 1 N–H and O–H groups in total. The van der Waals surface area contributed by atoms with E-state index >= 15 is 0 Å². The largest absolute Gasteiger partial charge is 0.489 e. The van der Waals surface area contributed by atoms with Crippen LogP contribution in [0.25, 0.3) is 0 Å². The van der Waals surface area contributed by atoms with Crippen molar-refractivity contribution in [3.8, 4) is 5.75 Å². The Kier molecular flexibility index (Phi) is 1.98. The molecule has 80 valence electrons. The fraction of sp³-hybridized carbons (Fsp3) is 0.143. The quantitative estimate of drug-likeness (QED) is 0.786. The molecule has 3 rings (SSSR count). The summed E-state index contributed by atoms with van der Waals surface area (Å²) in [5.41, 5.74) is 0.721. The predicted octanol–water partition coefficient (Wildman–Crippen LogP) is 2.31. The fourth-order valence-electron chi connectivity index (χ4n) is 2.15. The van der Waals surface area contributed by atoms with Gasteiger partial charge >= 0.3 is 0 Å². The molecule has 2 nitrogen and oxygen atoms in total. The number of fused-ring (bicyclic) bond motifs is 1. The summed E-state index contributed by atoms with van der Waals surface area (Å²) in [7, 11) is 0. The third kappa shape index (κ3) is 1.24. The van der Waals surface area contributed by atoms with Crippen LogP contribution in [0.1, 0.15) is 11.1 Å². The minimum atomic E-state index is -1.00. The predicted molar refractivity (Wildman–Crippen MR) is 61.4 cm³/mol. The molecule has 2 aromatic carbocycles. The average molecular weight is 212 g/mol. The molecule has 0 aliphatic carbocycles. The molecule has 0 bridgehead atoms. The highest BCUT2D eigenvalue weighted by Gasteiger charge is 2.39. The first kappa shape index (κ1) is 9.43. The maximum atomic E-state index is 10.7. The molecule has 0 radical (unpaired) electrons. The lowest BCUT2D eigenvalue weighted by Crippen LogP contribution is -2.28. The van der Waals surface area contributed by atoms with Crippen LogP contribution in [0.3, 0.4) is 0 Å². The van der Waals surface area contributed by atoms with E-state index in [2.05, 4.69) is 0 Å². The zero-order chi connectivity index (χ0) is 11.0. The van der Waals surface area contributed by atoms with Gasteiger partial charge in [0.2, 0.25) is 0 Å². The van der Waals surface area contributed by atoms with Crippen molar-refractivity contribution in [1.29, 1.82) is 0 Å². The summed E-state index contributed by atoms with van der Waals surface area (Å²) in [5, 5.41) is 10.7. The molecular weight excluding hydrogens is 200 g/mol. The Morgan fingerprint density at radius 2 is 1.62 bits per heavy atom. The van der Waals surface area contributed by atoms with E-state index in [4.69, 9.17) is 4.74 Å². The second kappa shape index (κ2) is 3.35. The molecule has 1 aliphatic heterocycles. The van der Waals surface area contributed by atoms with Gasteiger partial charge in [-0.1, -0.05) is 48.5 Å². The molecule has 16 heavy (non-hydrogen) atoms. The summed E-state index contributed by atoms with van der Waals surface area (Å²) < 4.78 is 5.52. The van der Waals surface area contributed by atoms with Crippen LogP contribution >= 0.6 is 0 Å². The summed E-state index contributed by atoms with van der Waals surface area (Å²) in [6.45, 7) is 0.288. The standard InChI is InChI=1S/C14H12O2/c15-14(11-6-2-1-3-7-11)10-16-13-9-5-4-8-12(13)14/h1-9,15H,10H2/t14-/m0/s1. The normalized spacial score (nSPS) is 22.6. The number of benzene rings is 2. The van der Waals surface area contributed by atoms with Gasteiger partial charge in [-0.05, 0) is 11.6 Å². The van der Waals surface area contributed by atoms with Gasteiger partial charge < -0.3 is 9.84 Å². The zero-order valence-electron chi connectivity index (χ0n) is 8.76. The van der Waals surface area contributed by atoms with Gasteiger partial charge in [-0.25, -0.2) is 0 Å². The van der Waals surface area contributed by atoms with E-state index in [1.165, 1.54) is 0 Å². The van der Waals surface area contributed by atoms with Crippen molar-refractivity contribution in [1.82, 2.24) is 0 Å². The Labute approximate surface area is 94.1 Å². The Morgan fingerprint density at radius 3 is 2.44 bits per heavy atom. The third-order valence-electron chi connectivity index (χ3n) is 3.02. The van der Waals surface area contributed by atoms with Crippen molar-refractivity contribution in [2.75, 3.05) is 6.61 Å². The molecule has 0 aromatic heterocycles.